The Morgan fingerprint density at radius 1 is 1.03 bits per heavy atom. The Morgan fingerprint density at radius 3 is 2.62 bits per heavy atom. The van der Waals surface area contributed by atoms with Crippen molar-refractivity contribution in [1.29, 1.82) is 0 Å². The third-order valence-electron chi connectivity index (χ3n) is 5.24. The van der Waals surface area contributed by atoms with Gasteiger partial charge < -0.3 is 14.2 Å². The minimum atomic E-state index is -0.623. The molecular weight excluding hydrogens is 442 g/mol. The van der Waals surface area contributed by atoms with Crippen LogP contribution in [0.15, 0.2) is 72.3 Å². The van der Waals surface area contributed by atoms with Crippen LogP contribution in [0.2, 0.25) is 0 Å². The van der Waals surface area contributed by atoms with Gasteiger partial charge in [-0.3, -0.25) is 25.1 Å². The van der Waals surface area contributed by atoms with Crippen LogP contribution >= 0.6 is 0 Å². The lowest BCUT2D eigenvalue weighted by Crippen LogP contribution is -2.35. The zero-order valence-corrected chi connectivity index (χ0v) is 17.6. The number of anilines is 1. The van der Waals surface area contributed by atoms with Crippen molar-refractivity contribution in [3.8, 4) is 17.2 Å². The number of fused-ring (bicyclic) bond motifs is 1. The van der Waals surface area contributed by atoms with E-state index in [0.717, 1.165) is 10.6 Å². The first-order valence-electron chi connectivity index (χ1n) is 10.2. The number of nitrogens with zero attached hydrogens (tertiary/aromatic N) is 2. The Balaban J connectivity index is 1.44. The summed E-state index contributed by atoms with van der Waals surface area (Å²) in [5, 5.41) is 12.4. The quantitative estimate of drug-likeness (QED) is 0.260. The van der Waals surface area contributed by atoms with E-state index in [1.54, 1.807) is 42.5 Å². The van der Waals surface area contributed by atoms with Gasteiger partial charge >= 0.3 is 0 Å². The van der Waals surface area contributed by atoms with Crippen molar-refractivity contribution in [3.05, 3.63) is 93.5 Å². The van der Waals surface area contributed by atoms with Gasteiger partial charge in [0, 0.05) is 17.7 Å². The molecule has 10 nitrogen and oxygen atoms in total. The lowest BCUT2D eigenvalue weighted by atomic mass is 10.1. The van der Waals surface area contributed by atoms with E-state index in [9.17, 15) is 19.7 Å². The molecule has 1 saturated heterocycles. The van der Waals surface area contributed by atoms with Crippen LogP contribution in [0, 0.1) is 10.1 Å². The van der Waals surface area contributed by atoms with E-state index in [-0.39, 0.29) is 36.0 Å². The Morgan fingerprint density at radius 2 is 1.82 bits per heavy atom. The van der Waals surface area contributed by atoms with Crippen molar-refractivity contribution in [2.45, 2.75) is 6.61 Å². The summed E-state index contributed by atoms with van der Waals surface area (Å²) in [6.07, 6.45) is 1.29. The maximum absolute atomic E-state index is 12.9. The van der Waals surface area contributed by atoms with Gasteiger partial charge in [0.25, 0.3) is 17.5 Å². The Labute approximate surface area is 193 Å². The second-order valence-electron chi connectivity index (χ2n) is 7.43. The monoisotopic (exact) mass is 459 g/mol. The van der Waals surface area contributed by atoms with Crippen LogP contribution in [0.5, 0.6) is 17.2 Å². The molecule has 0 aliphatic carbocycles. The van der Waals surface area contributed by atoms with Crippen LogP contribution in [-0.4, -0.2) is 23.5 Å². The molecule has 34 heavy (non-hydrogen) atoms. The number of hydrazine groups is 1. The number of nitro groups is 1. The van der Waals surface area contributed by atoms with Gasteiger partial charge in [-0.25, -0.2) is 5.01 Å². The van der Waals surface area contributed by atoms with Gasteiger partial charge in [0.15, 0.2) is 11.5 Å². The number of ether oxygens (including phenoxy) is 3. The highest BCUT2D eigenvalue weighted by Crippen LogP contribution is 2.34. The number of nitrogens with one attached hydrogen (secondary N) is 1. The summed E-state index contributed by atoms with van der Waals surface area (Å²) >= 11 is 0. The average Bonchev–Trinajstić information content (AvgIpc) is 3.43. The fourth-order valence-electron chi connectivity index (χ4n) is 3.56. The van der Waals surface area contributed by atoms with Gasteiger partial charge in [0.2, 0.25) is 6.79 Å². The zero-order valence-electron chi connectivity index (χ0n) is 17.6. The maximum atomic E-state index is 12.9. The molecule has 0 aromatic heterocycles. The molecule has 0 spiro atoms. The van der Waals surface area contributed by atoms with E-state index in [2.05, 4.69) is 5.43 Å². The Hall–Kier alpha value is -4.86. The van der Waals surface area contributed by atoms with Crippen molar-refractivity contribution >= 4 is 29.3 Å². The first kappa shape index (κ1) is 21.0. The molecule has 0 unspecified atom stereocenters. The van der Waals surface area contributed by atoms with Gasteiger partial charge in [-0.2, -0.15) is 0 Å². The molecule has 3 aromatic carbocycles. The second kappa shape index (κ2) is 8.58. The molecule has 5 rings (SSSR count). The summed E-state index contributed by atoms with van der Waals surface area (Å²) in [5.41, 5.74) is 3.63. The summed E-state index contributed by atoms with van der Waals surface area (Å²) in [5.74, 6) is 0.306. The van der Waals surface area contributed by atoms with Crippen molar-refractivity contribution in [3.63, 3.8) is 0 Å². The highest BCUT2D eigenvalue weighted by Gasteiger charge is 2.34. The molecule has 170 valence electrons. The van der Waals surface area contributed by atoms with E-state index < -0.39 is 16.7 Å². The fourth-order valence-corrected chi connectivity index (χ4v) is 3.56. The van der Waals surface area contributed by atoms with Crippen LogP contribution in [0.1, 0.15) is 11.1 Å². The number of rotatable bonds is 6. The number of non-ortho nitro benzene ring substituents is 1. The topological polar surface area (TPSA) is 120 Å². The van der Waals surface area contributed by atoms with Gasteiger partial charge in [0.1, 0.15) is 17.9 Å². The highest BCUT2D eigenvalue weighted by molar-refractivity contribution is 6.31. The van der Waals surface area contributed by atoms with Crippen LogP contribution < -0.4 is 24.6 Å². The lowest BCUT2D eigenvalue weighted by molar-refractivity contribution is -0.384. The standard InChI is InChI=1S/C24H17N3O7/c28-23-19(24(29)26(25-23)17-4-2-1-3-5-17)12-16-11-18(27(30)31)7-9-20(16)32-13-15-6-8-21-22(10-15)34-14-33-21/h1-12H,13-14H2,(H,25,28). The molecule has 2 amide bonds. The fraction of sp³-hybridized carbons (Fsp3) is 0.0833. The number of para-hydroxylation sites is 1. The SMILES string of the molecule is O=C1NN(c2ccccc2)C(=O)C1=Cc1cc([N+](=O)[O-])ccc1OCc1ccc2c(c1)OCO2. The molecule has 0 radical (unpaired) electrons. The summed E-state index contributed by atoms with van der Waals surface area (Å²) in [4.78, 5) is 36.2. The van der Waals surface area contributed by atoms with E-state index in [1.165, 1.54) is 24.3 Å². The summed E-state index contributed by atoms with van der Waals surface area (Å²) in [7, 11) is 0. The summed E-state index contributed by atoms with van der Waals surface area (Å²) < 4.78 is 16.6. The van der Waals surface area contributed by atoms with E-state index in [0.29, 0.717) is 17.2 Å². The van der Waals surface area contributed by atoms with Crippen LogP contribution in [0.3, 0.4) is 0 Å². The Kier molecular flexibility index (Phi) is 5.30. The van der Waals surface area contributed by atoms with Crippen LogP contribution in [-0.2, 0) is 16.2 Å². The van der Waals surface area contributed by atoms with Crippen molar-refractivity contribution in [2.75, 3.05) is 11.8 Å². The van der Waals surface area contributed by atoms with Gasteiger partial charge in [0.05, 0.1) is 10.6 Å². The maximum Gasteiger partial charge on any atom is 0.282 e. The van der Waals surface area contributed by atoms with E-state index in [1.807, 2.05) is 6.07 Å². The van der Waals surface area contributed by atoms with Crippen molar-refractivity contribution in [2.24, 2.45) is 0 Å². The van der Waals surface area contributed by atoms with Gasteiger partial charge in [-0.1, -0.05) is 24.3 Å². The molecule has 2 aliphatic rings. The molecule has 2 aliphatic heterocycles. The summed E-state index contributed by atoms with van der Waals surface area (Å²) in [6.45, 7) is 0.275. The smallest absolute Gasteiger partial charge is 0.282 e. The number of carbonyl (C=O) groups excluding carboxylic acids is 2. The summed E-state index contributed by atoms with van der Waals surface area (Å²) in [6, 6.07) is 17.9. The number of hydrogen-bond donors (Lipinski definition) is 1. The minimum Gasteiger partial charge on any atom is -0.488 e. The Bertz CT molecular complexity index is 1340. The molecule has 2 heterocycles. The van der Waals surface area contributed by atoms with Crippen LogP contribution in [0.4, 0.5) is 11.4 Å². The van der Waals surface area contributed by atoms with E-state index in [4.69, 9.17) is 14.2 Å². The molecule has 1 N–H and O–H groups in total. The lowest BCUT2D eigenvalue weighted by Gasteiger charge is -2.14. The number of hydrogen-bond acceptors (Lipinski definition) is 7. The third-order valence-corrected chi connectivity index (χ3v) is 5.24. The normalized spacial score (nSPS) is 15.5. The van der Waals surface area contributed by atoms with E-state index >= 15 is 0 Å². The first-order chi connectivity index (χ1) is 16.5. The molecule has 0 bridgehead atoms. The number of amides is 2. The van der Waals surface area contributed by atoms with Crippen LogP contribution in [0.25, 0.3) is 6.08 Å². The molecule has 10 heteroatoms. The predicted octanol–water partition coefficient (Wildman–Crippen LogP) is 3.36. The third kappa shape index (κ3) is 3.99. The van der Waals surface area contributed by atoms with Gasteiger partial charge in [-0.15, -0.1) is 0 Å². The molecule has 3 aromatic rings. The van der Waals surface area contributed by atoms with Crippen molar-refractivity contribution < 1.29 is 28.7 Å². The molecule has 0 atom stereocenters. The molecule has 0 saturated carbocycles. The minimum absolute atomic E-state index is 0.126. The first-order valence-corrected chi connectivity index (χ1v) is 10.2. The number of benzene rings is 3. The van der Waals surface area contributed by atoms with Crippen molar-refractivity contribution in [1.82, 2.24) is 5.43 Å². The number of nitro benzene ring substituents is 1. The number of carbonyl (C=O) groups is 2. The zero-order chi connectivity index (χ0) is 23.7. The largest absolute Gasteiger partial charge is 0.488 e. The molecular formula is C24H17N3O7. The molecule has 1 fully saturated rings. The highest BCUT2D eigenvalue weighted by atomic mass is 16.7. The second-order valence-corrected chi connectivity index (χ2v) is 7.43. The predicted molar refractivity (Wildman–Crippen MR) is 120 cm³/mol. The van der Waals surface area contributed by atoms with Gasteiger partial charge in [-0.05, 0) is 42.0 Å². The average molecular weight is 459 g/mol.